The Bertz CT molecular complexity index is 1180. The largest absolute Gasteiger partial charge is 0.497 e. The predicted molar refractivity (Wildman–Crippen MR) is 125 cm³/mol. The van der Waals surface area contributed by atoms with Crippen LogP contribution < -0.4 is 20.2 Å². The maximum atomic E-state index is 12.9. The average molecular weight is 465 g/mol. The molecule has 4 rings (SSSR count). The number of nitrogens with one attached hydrogen (secondary N) is 2. The van der Waals surface area contributed by atoms with E-state index < -0.39 is 12.1 Å². The number of carbonyl (C=O) groups excluding carboxylic acids is 2. The van der Waals surface area contributed by atoms with E-state index in [1.807, 2.05) is 54.7 Å². The van der Waals surface area contributed by atoms with Crippen LogP contribution >= 0.6 is 11.6 Å². The van der Waals surface area contributed by atoms with Crippen molar-refractivity contribution >= 4 is 29.6 Å². The minimum absolute atomic E-state index is 0.317. The maximum absolute atomic E-state index is 12.9. The number of amides is 2. The lowest BCUT2D eigenvalue weighted by molar-refractivity contribution is -0.596. The van der Waals surface area contributed by atoms with Crippen LogP contribution in [0.1, 0.15) is 27.5 Å². The first-order chi connectivity index (χ1) is 16.0. The van der Waals surface area contributed by atoms with Crippen molar-refractivity contribution in [2.75, 3.05) is 14.2 Å². The molecule has 1 saturated heterocycles. The highest BCUT2D eigenvalue weighted by molar-refractivity contribution is 6.30. The van der Waals surface area contributed by atoms with E-state index in [-0.39, 0.29) is 11.8 Å². The first-order valence-corrected chi connectivity index (χ1v) is 10.6. The lowest BCUT2D eigenvalue weighted by Gasteiger charge is -2.15. The number of benzene rings is 3. The van der Waals surface area contributed by atoms with E-state index >= 15 is 0 Å². The molecule has 0 saturated carbocycles. The quantitative estimate of drug-likeness (QED) is 0.548. The molecular formula is C25H23ClN3O4+. The van der Waals surface area contributed by atoms with Crippen molar-refractivity contribution in [1.29, 1.82) is 0 Å². The molecule has 1 heterocycles. The highest BCUT2D eigenvalue weighted by Crippen LogP contribution is 2.27. The van der Waals surface area contributed by atoms with Gasteiger partial charge in [-0.1, -0.05) is 11.6 Å². The van der Waals surface area contributed by atoms with E-state index in [1.165, 1.54) is 0 Å². The van der Waals surface area contributed by atoms with Gasteiger partial charge in [0.1, 0.15) is 11.5 Å². The van der Waals surface area contributed by atoms with E-state index in [9.17, 15) is 9.59 Å². The smallest absolute Gasteiger partial charge is 0.304 e. The van der Waals surface area contributed by atoms with Gasteiger partial charge in [0.25, 0.3) is 5.91 Å². The maximum Gasteiger partial charge on any atom is 0.304 e. The van der Waals surface area contributed by atoms with Gasteiger partial charge in [-0.3, -0.25) is 9.59 Å². The molecule has 1 aliphatic rings. The van der Waals surface area contributed by atoms with Crippen LogP contribution in [0.25, 0.3) is 0 Å². The fraction of sp³-hybridized carbons (Fsp3) is 0.160. The summed E-state index contributed by atoms with van der Waals surface area (Å²) in [5, 5.41) is 3.40. The molecule has 8 heteroatoms. The number of hydrazone groups is 1. The van der Waals surface area contributed by atoms with Gasteiger partial charge in [0, 0.05) is 21.7 Å². The van der Waals surface area contributed by atoms with Crippen molar-refractivity contribution in [3.63, 3.8) is 0 Å². The Morgan fingerprint density at radius 1 is 0.939 bits per heavy atom. The van der Waals surface area contributed by atoms with Gasteiger partial charge in [-0.2, -0.15) is 0 Å². The van der Waals surface area contributed by atoms with Gasteiger partial charge in [-0.25, -0.2) is 0 Å². The summed E-state index contributed by atoms with van der Waals surface area (Å²) in [7, 11) is 3.20. The fourth-order valence-electron chi connectivity index (χ4n) is 3.66. The van der Waals surface area contributed by atoms with E-state index in [0.29, 0.717) is 16.3 Å². The molecule has 0 bridgehead atoms. The van der Waals surface area contributed by atoms with Crippen LogP contribution in [-0.2, 0) is 4.79 Å². The van der Waals surface area contributed by atoms with Crippen LogP contribution in [0.5, 0.6) is 11.5 Å². The first-order valence-electron chi connectivity index (χ1n) is 10.3. The number of halogens is 1. The van der Waals surface area contributed by atoms with Crippen molar-refractivity contribution in [3.05, 3.63) is 94.5 Å². The van der Waals surface area contributed by atoms with Crippen molar-refractivity contribution in [3.8, 4) is 11.5 Å². The molecule has 2 N–H and O–H groups in total. The standard InChI is InChI=1S/C25H22ClN3O4/c1-32-20-11-3-16(4-12-20)15-29-23(17-7-13-21(33-2)14-8-17)22(25(31)28-29)27-24(30)18-5-9-19(26)10-6-18/h3-15,22-23H,1-2H3,(H-,27,28,30,31)/p+1/b29-15-/t22-,23-/m0/s1. The number of carbonyl (C=O) groups is 2. The van der Waals surface area contributed by atoms with Gasteiger partial charge in [-0.15, -0.1) is 10.1 Å². The van der Waals surface area contributed by atoms with Crippen molar-refractivity contribution < 1.29 is 23.7 Å². The fourth-order valence-corrected chi connectivity index (χ4v) is 3.78. The Morgan fingerprint density at radius 2 is 1.52 bits per heavy atom. The van der Waals surface area contributed by atoms with Crippen LogP contribution in [-0.4, -0.2) is 43.0 Å². The van der Waals surface area contributed by atoms with Gasteiger partial charge < -0.3 is 14.8 Å². The first kappa shape index (κ1) is 22.4. The Labute approximate surface area is 196 Å². The molecule has 1 fully saturated rings. The van der Waals surface area contributed by atoms with Crippen LogP contribution in [0.4, 0.5) is 0 Å². The highest BCUT2D eigenvalue weighted by Gasteiger charge is 2.47. The SMILES string of the molecule is COc1ccc(/C=[N+]2\NC(=O)[C@@H](NC(=O)c3ccc(Cl)cc3)[C@@H]2c2ccc(OC)cc2)cc1. The molecule has 33 heavy (non-hydrogen) atoms. The van der Waals surface area contributed by atoms with Gasteiger partial charge in [0.2, 0.25) is 12.3 Å². The summed E-state index contributed by atoms with van der Waals surface area (Å²) in [5.41, 5.74) is 4.97. The minimum atomic E-state index is -0.823. The molecule has 0 aliphatic carbocycles. The summed E-state index contributed by atoms with van der Waals surface area (Å²) in [5.74, 6) is 0.750. The summed E-state index contributed by atoms with van der Waals surface area (Å²) in [6, 6.07) is 20.0. The van der Waals surface area contributed by atoms with E-state index in [1.54, 1.807) is 43.2 Å². The monoisotopic (exact) mass is 464 g/mol. The zero-order valence-corrected chi connectivity index (χ0v) is 18.9. The zero-order valence-electron chi connectivity index (χ0n) is 18.1. The summed E-state index contributed by atoms with van der Waals surface area (Å²) >= 11 is 5.93. The second-order valence-electron chi connectivity index (χ2n) is 7.46. The Hall–Kier alpha value is -3.84. The molecule has 7 nitrogen and oxygen atoms in total. The summed E-state index contributed by atoms with van der Waals surface area (Å²) in [6.07, 6.45) is 1.82. The number of hydrogen-bond donors (Lipinski definition) is 2. The molecule has 2 amide bonds. The number of rotatable bonds is 6. The molecule has 168 valence electrons. The predicted octanol–water partition coefficient (Wildman–Crippen LogP) is 3.37. The van der Waals surface area contributed by atoms with Crippen molar-refractivity contribution in [2.24, 2.45) is 0 Å². The molecule has 3 aromatic carbocycles. The number of nitrogens with zero attached hydrogens (tertiary/aromatic N) is 1. The van der Waals surface area contributed by atoms with Gasteiger partial charge >= 0.3 is 5.91 Å². The molecule has 0 unspecified atom stereocenters. The lowest BCUT2D eigenvalue weighted by Crippen LogP contribution is -2.42. The number of hydrogen-bond acceptors (Lipinski definition) is 4. The van der Waals surface area contributed by atoms with Crippen LogP contribution in [0.2, 0.25) is 5.02 Å². The van der Waals surface area contributed by atoms with E-state index in [0.717, 1.165) is 16.9 Å². The van der Waals surface area contributed by atoms with E-state index in [2.05, 4.69) is 10.7 Å². The third-order valence-corrected chi connectivity index (χ3v) is 5.64. The third-order valence-electron chi connectivity index (χ3n) is 5.39. The molecular weight excluding hydrogens is 442 g/mol. The van der Waals surface area contributed by atoms with Crippen LogP contribution in [0.15, 0.2) is 72.8 Å². The minimum Gasteiger partial charge on any atom is -0.497 e. The highest BCUT2D eigenvalue weighted by atomic mass is 35.5. The Morgan fingerprint density at radius 3 is 2.09 bits per heavy atom. The molecule has 0 spiro atoms. The normalized spacial score (nSPS) is 18.6. The average Bonchev–Trinajstić information content (AvgIpc) is 3.14. The lowest BCUT2D eigenvalue weighted by atomic mass is 9.99. The molecule has 3 aromatic rings. The van der Waals surface area contributed by atoms with Gasteiger partial charge in [0.05, 0.1) is 14.2 Å². The molecule has 1 aliphatic heterocycles. The number of methoxy groups -OCH3 is 2. The number of ether oxygens (including phenoxy) is 2. The zero-order chi connectivity index (χ0) is 23.4. The number of hydrazine groups is 1. The van der Waals surface area contributed by atoms with Gasteiger partial charge in [0.15, 0.2) is 6.04 Å². The van der Waals surface area contributed by atoms with Crippen molar-refractivity contribution in [1.82, 2.24) is 10.7 Å². The third kappa shape index (κ3) is 4.99. The van der Waals surface area contributed by atoms with Crippen LogP contribution in [0.3, 0.4) is 0 Å². The van der Waals surface area contributed by atoms with Gasteiger partial charge in [-0.05, 0) is 72.8 Å². The second kappa shape index (κ2) is 9.75. The Balaban J connectivity index is 1.68. The Kier molecular flexibility index (Phi) is 6.60. The molecule has 2 atom stereocenters. The second-order valence-corrected chi connectivity index (χ2v) is 7.90. The molecule has 0 radical (unpaired) electrons. The molecule has 0 aromatic heterocycles. The van der Waals surface area contributed by atoms with Crippen molar-refractivity contribution in [2.45, 2.75) is 12.1 Å². The summed E-state index contributed by atoms with van der Waals surface area (Å²) in [6.45, 7) is 0. The summed E-state index contributed by atoms with van der Waals surface area (Å²) < 4.78 is 12.2. The summed E-state index contributed by atoms with van der Waals surface area (Å²) in [4.78, 5) is 25.8. The van der Waals surface area contributed by atoms with Crippen LogP contribution in [0, 0.1) is 0 Å². The van der Waals surface area contributed by atoms with E-state index in [4.69, 9.17) is 21.1 Å². The topological polar surface area (TPSA) is 79.7 Å².